The number of phenolic OH excluding ortho intramolecular Hbond substituents is 2. The number of ether oxygens (including phenoxy) is 2. The van der Waals surface area contributed by atoms with Gasteiger partial charge in [-0.1, -0.05) is 0 Å². The second-order valence-corrected chi connectivity index (χ2v) is 8.88. The molecule has 2 N–H and O–H groups in total. The molecule has 6 rings (SSSR count). The number of hydrogen-bond donors (Lipinski definition) is 2. The third-order valence-corrected chi connectivity index (χ3v) is 5.76. The molecule has 0 saturated heterocycles. The quantitative estimate of drug-likeness (QED) is 0.228. The maximum atomic E-state index is 9.03. The minimum atomic E-state index is 0. The molecule has 0 aliphatic heterocycles. The van der Waals surface area contributed by atoms with Crippen molar-refractivity contribution >= 4 is 22.7 Å². The van der Waals surface area contributed by atoms with E-state index in [1.165, 1.54) is 22.7 Å². The molecule has 0 unspecified atom stereocenters. The van der Waals surface area contributed by atoms with Gasteiger partial charge >= 0.3 is 26.2 Å². The molecule has 37 heavy (non-hydrogen) atoms. The summed E-state index contributed by atoms with van der Waals surface area (Å²) in [6.45, 7) is 0. The summed E-state index contributed by atoms with van der Waals surface area (Å²) in [5.41, 5.74) is 0. The number of thiophene rings is 2. The summed E-state index contributed by atoms with van der Waals surface area (Å²) in [6.07, 6.45) is 20.0. The average molecular weight is 606 g/mol. The third-order valence-electron chi connectivity index (χ3n) is 4.27. The van der Waals surface area contributed by atoms with Crippen LogP contribution in [0.5, 0.6) is 33.1 Å². The first-order valence-electron chi connectivity index (χ1n) is 11.1. The maximum absolute atomic E-state index is 9.03. The molecule has 2 heterocycles. The van der Waals surface area contributed by atoms with E-state index in [-0.39, 0.29) is 37.7 Å². The van der Waals surface area contributed by atoms with Crippen molar-refractivity contribution in [3.63, 3.8) is 0 Å². The van der Waals surface area contributed by atoms with Crippen molar-refractivity contribution in [1.29, 1.82) is 0 Å². The molecule has 4 aromatic rings. The fourth-order valence-electron chi connectivity index (χ4n) is 2.58. The molecule has 2 aliphatic carbocycles. The minimum Gasteiger partial charge on any atom is -0.508 e. The van der Waals surface area contributed by atoms with Gasteiger partial charge in [-0.2, -0.15) is 12.2 Å². The summed E-state index contributed by atoms with van der Waals surface area (Å²) in [4.78, 5) is 0. The number of rotatable bonds is 4. The van der Waals surface area contributed by atoms with E-state index < -0.39 is 0 Å². The Morgan fingerprint density at radius 1 is 0.595 bits per heavy atom. The van der Waals surface area contributed by atoms with E-state index in [0.29, 0.717) is 0 Å². The Morgan fingerprint density at radius 3 is 1.24 bits per heavy atom. The van der Waals surface area contributed by atoms with Crippen LogP contribution in [0.25, 0.3) is 0 Å². The van der Waals surface area contributed by atoms with Gasteiger partial charge in [-0.05, 0) is 83.6 Å². The zero-order valence-electron chi connectivity index (χ0n) is 20.0. The number of phenols is 2. The van der Waals surface area contributed by atoms with E-state index in [1.54, 1.807) is 48.5 Å². The van der Waals surface area contributed by atoms with Crippen LogP contribution in [0.4, 0.5) is 0 Å². The van der Waals surface area contributed by atoms with E-state index in [0.717, 1.165) is 34.5 Å². The van der Waals surface area contributed by atoms with E-state index >= 15 is 0 Å². The first kappa shape index (κ1) is 30.1. The molecule has 2 aromatic carbocycles. The van der Waals surface area contributed by atoms with Crippen molar-refractivity contribution in [2.75, 3.05) is 0 Å². The summed E-state index contributed by atoms with van der Waals surface area (Å²) in [5, 5.41) is 23.7. The van der Waals surface area contributed by atoms with Crippen LogP contribution in [0.3, 0.4) is 0 Å². The summed E-state index contributed by atoms with van der Waals surface area (Å²) in [7, 11) is 0. The predicted octanol–water partition coefficient (Wildman–Crippen LogP) is 9.10. The predicted molar refractivity (Wildman–Crippen MR) is 148 cm³/mol. The van der Waals surface area contributed by atoms with Gasteiger partial charge in [0.2, 0.25) is 0 Å². The largest absolute Gasteiger partial charge is 2.00 e. The first-order chi connectivity index (χ1) is 17.7. The van der Waals surface area contributed by atoms with E-state index in [4.69, 9.17) is 19.7 Å². The van der Waals surface area contributed by atoms with Crippen molar-refractivity contribution in [3.05, 3.63) is 132 Å². The van der Waals surface area contributed by atoms with Crippen LogP contribution in [0, 0.1) is 12.2 Å². The molecule has 0 spiro atoms. The molecular formula is C30H26O4S2Zr. The SMILES string of the molecule is Oc1ccc(Oc2cccs2)cc1.Oc1ccc(Oc2cccs2)cc1.[C-]1=CC=CC1.[C-]1=CC=CC1.[Zr+2]. The Hall–Kier alpha value is -3.12. The summed E-state index contributed by atoms with van der Waals surface area (Å²) >= 11 is 3.07. The summed E-state index contributed by atoms with van der Waals surface area (Å²) in [6, 6.07) is 21.0. The Bertz CT molecular complexity index is 1110. The molecule has 0 saturated carbocycles. The topological polar surface area (TPSA) is 58.9 Å². The van der Waals surface area contributed by atoms with E-state index in [9.17, 15) is 0 Å². The Labute approximate surface area is 245 Å². The number of allylic oxidation sites excluding steroid dienone is 8. The van der Waals surface area contributed by atoms with Crippen LogP contribution in [0.1, 0.15) is 12.8 Å². The van der Waals surface area contributed by atoms with Gasteiger partial charge in [-0.15, -0.1) is 35.5 Å². The van der Waals surface area contributed by atoms with Gasteiger partial charge in [0.25, 0.3) is 0 Å². The number of benzene rings is 2. The average Bonchev–Trinajstić information content (AvgIpc) is 3.73. The maximum Gasteiger partial charge on any atom is 2.00 e. The molecule has 2 aromatic heterocycles. The number of hydrogen-bond acceptors (Lipinski definition) is 6. The fourth-order valence-corrected chi connectivity index (χ4v) is 3.77. The Balaban J connectivity index is 0.000000187. The van der Waals surface area contributed by atoms with Crippen LogP contribution in [0.15, 0.2) is 120 Å². The van der Waals surface area contributed by atoms with Crippen molar-refractivity contribution in [3.8, 4) is 33.1 Å². The van der Waals surface area contributed by atoms with Crippen molar-refractivity contribution in [2.45, 2.75) is 12.8 Å². The van der Waals surface area contributed by atoms with Gasteiger partial charge in [-0.3, -0.25) is 12.2 Å². The summed E-state index contributed by atoms with van der Waals surface area (Å²) in [5.74, 6) is 1.97. The molecule has 4 nitrogen and oxygen atoms in total. The molecule has 0 fully saturated rings. The van der Waals surface area contributed by atoms with Crippen LogP contribution in [0.2, 0.25) is 0 Å². The van der Waals surface area contributed by atoms with E-state index in [1.807, 2.05) is 59.3 Å². The van der Waals surface area contributed by atoms with Crippen molar-refractivity contribution in [1.82, 2.24) is 0 Å². The van der Waals surface area contributed by atoms with E-state index in [2.05, 4.69) is 24.3 Å². The second kappa shape index (κ2) is 18.2. The Kier molecular flexibility index (Phi) is 14.8. The molecule has 2 aliphatic rings. The zero-order chi connectivity index (χ0) is 25.3. The van der Waals surface area contributed by atoms with Crippen LogP contribution in [-0.2, 0) is 26.2 Å². The van der Waals surface area contributed by atoms with Gasteiger partial charge < -0.3 is 19.7 Å². The second-order valence-electron chi connectivity index (χ2n) is 7.06. The molecule has 0 amide bonds. The Morgan fingerprint density at radius 2 is 1.00 bits per heavy atom. The monoisotopic (exact) mass is 604 g/mol. The van der Waals surface area contributed by atoms with Gasteiger partial charge in [0.05, 0.1) is 0 Å². The first-order valence-corrected chi connectivity index (χ1v) is 12.9. The molecule has 0 bridgehead atoms. The fraction of sp³-hybridized carbons (Fsp3) is 0.0667. The molecule has 0 atom stereocenters. The zero-order valence-corrected chi connectivity index (χ0v) is 24.1. The molecule has 0 radical (unpaired) electrons. The minimum absolute atomic E-state index is 0. The van der Waals surface area contributed by atoms with Gasteiger partial charge in [-0.25, -0.2) is 24.3 Å². The summed E-state index contributed by atoms with van der Waals surface area (Å²) < 4.78 is 11.0. The van der Waals surface area contributed by atoms with Crippen LogP contribution in [-0.4, -0.2) is 10.2 Å². The smallest absolute Gasteiger partial charge is 0.508 e. The van der Waals surface area contributed by atoms with Crippen molar-refractivity contribution < 1.29 is 45.9 Å². The molecule has 7 heteroatoms. The van der Waals surface area contributed by atoms with Gasteiger partial charge in [0.1, 0.15) is 23.0 Å². The van der Waals surface area contributed by atoms with Gasteiger partial charge in [0, 0.05) is 0 Å². The third kappa shape index (κ3) is 13.1. The van der Waals surface area contributed by atoms with Crippen LogP contribution < -0.4 is 9.47 Å². The standard InChI is InChI=1S/2C10H8O2S.2C5H5.Zr/c2*11-8-3-5-9(6-4-8)12-10-2-1-7-13-10;2*1-2-4-5-3-1;/h2*1-7,11H;2*1-3H,4H2;/q;;2*-1;+2. The molecular weight excluding hydrogens is 580 g/mol. The number of aromatic hydroxyl groups is 2. The normalized spacial score (nSPS) is 11.7. The molecule has 186 valence electrons. The van der Waals surface area contributed by atoms with Crippen molar-refractivity contribution in [2.24, 2.45) is 0 Å². The van der Waals surface area contributed by atoms with Gasteiger partial charge in [0.15, 0.2) is 10.1 Å². The van der Waals surface area contributed by atoms with Crippen LogP contribution >= 0.6 is 22.7 Å².